The molecule has 0 saturated heterocycles. The van der Waals surface area contributed by atoms with Crippen LogP contribution in [0.2, 0.25) is 0 Å². The Bertz CT molecular complexity index is 351. The van der Waals surface area contributed by atoms with Gasteiger partial charge in [-0.2, -0.15) is 0 Å². The van der Waals surface area contributed by atoms with E-state index in [0.29, 0.717) is 0 Å². The fourth-order valence-corrected chi connectivity index (χ4v) is 1.00. The van der Waals surface area contributed by atoms with Gasteiger partial charge in [0.15, 0.2) is 0 Å². The van der Waals surface area contributed by atoms with E-state index in [2.05, 4.69) is 0 Å². The van der Waals surface area contributed by atoms with Gasteiger partial charge in [0.25, 0.3) is 0 Å². The molecule has 114 valence electrons. The Hall–Kier alpha value is -1.50. The maximum absolute atomic E-state index is 10.4. The second-order valence-corrected chi connectivity index (χ2v) is 3.93. The summed E-state index contributed by atoms with van der Waals surface area (Å²) in [7, 11) is 0. The minimum atomic E-state index is -1.44. The fraction of sp³-hybridized carbons (Fsp3) is 0.500. The molecule has 0 aromatic carbocycles. The van der Waals surface area contributed by atoms with Gasteiger partial charge in [-0.05, 0) is 13.8 Å². The number of hydrogen-bond donors (Lipinski definition) is 0. The Labute approximate surface area is 140 Å². The number of carboxylic acids is 2. The minimum absolute atomic E-state index is 0. The molecule has 9 heteroatoms. The molecule has 0 N–H and O–H groups in total. The third kappa shape index (κ3) is 24.0. The molecular weight excluding hydrogens is 363 g/mol. The normalized spacial score (nSPS) is 8.48. The van der Waals surface area contributed by atoms with Crippen molar-refractivity contribution in [3.05, 3.63) is 0 Å². The number of rotatable bonds is 8. The summed E-state index contributed by atoms with van der Waals surface area (Å²) in [5.41, 5.74) is 0. The minimum Gasteiger partial charge on any atom is -0.550 e. The van der Waals surface area contributed by atoms with Crippen molar-refractivity contribution >= 4 is 35.1 Å². The zero-order valence-corrected chi connectivity index (χ0v) is 14.1. The molecule has 0 atom stereocenters. The first-order valence-electron chi connectivity index (χ1n) is 5.46. The van der Waals surface area contributed by atoms with Crippen LogP contribution in [0.25, 0.3) is 0 Å². The molecular formula is C12H14O8Zr. The van der Waals surface area contributed by atoms with Gasteiger partial charge in [0.1, 0.15) is 23.1 Å². The van der Waals surface area contributed by atoms with Crippen molar-refractivity contribution in [3.8, 4) is 0 Å². The molecule has 0 aliphatic heterocycles. The molecule has 0 unspecified atom stereocenters. The van der Waals surface area contributed by atoms with E-state index in [4.69, 9.17) is 0 Å². The summed E-state index contributed by atoms with van der Waals surface area (Å²) >= 11 is 0. The molecule has 8 nitrogen and oxygen atoms in total. The Balaban J connectivity index is -0.000000295. The van der Waals surface area contributed by atoms with Gasteiger partial charge in [-0.15, -0.1) is 0 Å². The van der Waals surface area contributed by atoms with Gasteiger partial charge in [-0.3, -0.25) is 19.2 Å². The van der Waals surface area contributed by atoms with Gasteiger partial charge in [-0.1, -0.05) is 0 Å². The summed E-state index contributed by atoms with van der Waals surface area (Å²) in [6.45, 7) is 2.46. The number of hydrogen-bond acceptors (Lipinski definition) is 8. The molecule has 0 radical (unpaired) electrons. The zero-order chi connectivity index (χ0) is 16.3. The predicted octanol–water partition coefficient (Wildman–Crippen LogP) is -2.65. The largest absolute Gasteiger partial charge is 2.00 e. The molecule has 0 aromatic heterocycles. The summed E-state index contributed by atoms with van der Waals surface area (Å²) < 4.78 is 0. The van der Waals surface area contributed by atoms with Crippen LogP contribution in [0, 0.1) is 0 Å². The van der Waals surface area contributed by atoms with Gasteiger partial charge >= 0.3 is 26.2 Å². The predicted molar refractivity (Wildman–Crippen MR) is 59.9 cm³/mol. The van der Waals surface area contributed by atoms with Crippen LogP contribution in [0.4, 0.5) is 0 Å². The van der Waals surface area contributed by atoms with Gasteiger partial charge in [0.2, 0.25) is 0 Å². The van der Waals surface area contributed by atoms with E-state index in [1.54, 1.807) is 0 Å². The van der Waals surface area contributed by atoms with Crippen LogP contribution in [0.3, 0.4) is 0 Å². The summed E-state index contributed by atoms with van der Waals surface area (Å²) in [6, 6.07) is 0. The molecule has 0 bridgehead atoms. The van der Waals surface area contributed by atoms with Crippen LogP contribution in [0.15, 0.2) is 0 Å². The maximum Gasteiger partial charge on any atom is 2.00 e. The van der Waals surface area contributed by atoms with Crippen molar-refractivity contribution in [2.24, 2.45) is 0 Å². The Morgan fingerprint density at radius 2 is 0.857 bits per heavy atom. The second-order valence-electron chi connectivity index (χ2n) is 3.93. The third-order valence-electron chi connectivity index (χ3n) is 1.58. The van der Waals surface area contributed by atoms with Gasteiger partial charge < -0.3 is 19.8 Å². The van der Waals surface area contributed by atoms with Crippen LogP contribution in [0.5, 0.6) is 0 Å². The van der Waals surface area contributed by atoms with Crippen LogP contribution in [-0.2, 0) is 55.0 Å². The number of aliphatic carboxylic acids is 2. The number of carboxylic acid groups (broad SMARTS) is 2. The summed E-state index contributed by atoms with van der Waals surface area (Å²) in [4.78, 5) is 60.7. The quantitative estimate of drug-likeness (QED) is 0.416. The fourth-order valence-electron chi connectivity index (χ4n) is 1.00. The summed E-state index contributed by atoms with van der Waals surface area (Å²) in [6.07, 6.45) is -1.96. The Morgan fingerprint density at radius 1 is 0.619 bits per heavy atom. The second kappa shape index (κ2) is 13.5. The van der Waals surface area contributed by atoms with E-state index < -0.39 is 36.3 Å². The van der Waals surface area contributed by atoms with E-state index in [1.165, 1.54) is 13.8 Å². The molecule has 0 aliphatic rings. The molecule has 0 rings (SSSR count). The number of ketones is 4. The zero-order valence-electron chi connectivity index (χ0n) is 11.6. The van der Waals surface area contributed by atoms with Crippen molar-refractivity contribution < 1.29 is 65.2 Å². The average Bonchev–Trinajstić information content (AvgIpc) is 2.11. The van der Waals surface area contributed by atoms with Crippen LogP contribution in [0.1, 0.15) is 39.5 Å². The molecule has 0 heterocycles. The number of carbonyl (C=O) groups excluding carboxylic acids is 6. The first-order valence-corrected chi connectivity index (χ1v) is 5.46. The van der Waals surface area contributed by atoms with Crippen molar-refractivity contribution in [1.29, 1.82) is 0 Å². The first kappa shape index (κ1) is 24.5. The van der Waals surface area contributed by atoms with Gasteiger partial charge in [0, 0.05) is 24.8 Å². The van der Waals surface area contributed by atoms with Crippen molar-refractivity contribution in [1.82, 2.24) is 0 Å². The summed E-state index contributed by atoms with van der Waals surface area (Å²) in [5.74, 6) is -4.74. The first-order chi connectivity index (χ1) is 9.04. The molecule has 0 aromatic rings. The maximum atomic E-state index is 10.4. The number of Topliss-reactive ketones (excluding diaryl/α,β-unsaturated/α-hetero) is 4. The van der Waals surface area contributed by atoms with Crippen molar-refractivity contribution in [2.45, 2.75) is 39.5 Å². The van der Waals surface area contributed by atoms with Crippen LogP contribution < -0.4 is 10.2 Å². The Morgan fingerprint density at radius 3 is 1.00 bits per heavy atom. The molecule has 0 aliphatic carbocycles. The van der Waals surface area contributed by atoms with E-state index >= 15 is 0 Å². The van der Waals surface area contributed by atoms with Crippen LogP contribution >= 0.6 is 0 Å². The molecule has 21 heavy (non-hydrogen) atoms. The van der Waals surface area contributed by atoms with E-state index in [9.17, 15) is 39.0 Å². The number of carbonyl (C=O) groups is 6. The Kier molecular flexibility index (Phi) is 15.7. The van der Waals surface area contributed by atoms with E-state index in [-0.39, 0.29) is 50.6 Å². The monoisotopic (exact) mass is 376 g/mol. The summed E-state index contributed by atoms with van der Waals surface area (Å²) in [5, 5.41) is 19.5. The molecule has 0 fully saturated rings. The molecule has 0 amide bonds. The van der Waals surface area contributed by atoms with E-state index in [1.807, 2.05) is 0 Å². The smallest absolute Gasteiger partial charge is 0.550 e. The standard InChI is InChI=1S/2C6H8O4.Zr/c2*1-4(7)2-5(8)3-6(9)10;/h2*2-3H2,1H3,(H,9,10);/q;;+2/p-2. The molecule has 0 spiro atoms. The van der Waals surface area contributed by atoms with Gasteiger partial charge in [-0.25, -0.2) is 0 Å². The average molecular weight is 377 g/mol. The SMILES string of the molecule is CC(=O)CC(=O)CC(=O)[O-].CC(=O)CC(=O)CC(=O)[O-].[Zr+2]. The third-order valence-corrected chi connectivity index (χ3v) is 1.58. The topological polar surface area (TPSA) is 149 Å². The van der Waals surface area contributed by atoms with E-state index in [0.717, 1.165) is 0 Å². The van der Waals surface area contributed by atoms with Gasteiger partial charge in [0.05, 0.1) is 12.8 Å². The molecule has 0 saturated carbocycles. The van der Waals surface area contributed by atoms with Crippen molar-refractivity contribution in [3.63, 3.8) is 0 Å². The van der Waals surface area contributed by atoms with Crippen molar-refractivity contribution in [2.75, 3.05) is 0 Å². The van der Waals surface area contributed by atoms with Crippen LogP contribution in [-0.4, -0.2) is 35.1 Å².